The molecule has 2 amide bonds. The Kier molecular flexibility index (Phi) is 8.78. The number of anilines is 1. The van der Waals surface area contributed by atoms with E-state index >= 15 is 0 Å². The molecule has 0 bridgehead atoms. The molecule has 1 saturated carbocycles. The molecule has 2 aromatic carbocycles. The van der Waals surface area contributed by atoms with Gasteiger partial charge in [-0.3, -0.25) is 19.4 Å². The molecule has 2 fully saturated rings. The van der Waals surface area contributed by atoms with Crippen LogP contribution in [0.5, 0.6) is 17.2 Å². The second kappa shape index (κ2) is 12.7. The predicted octanol–water partition coefficient (Wildman–Crippen LogP) is 5.49. The lowest BCUT2D eigenvalue weighted by molar-refractivity contribution is -0.149. The number of benzene rings is 2. The predicted molar refractivity (Wildman–Crippen MR) is 157 cm³/mol. The first-order valence-corrected chi connectivity index (χ1v) is 15.0. The van der Waals surface area contributed by atoms with E-state index in [2.05, 4.69) is 16.4 Å². The molecule has 7 rings (SSSR count). The molecule has 1 aliphatic carbocycles. The molecule has 3 N–H and O–H groups in total. The number of amides is 2. The average Bonchev–Trinajstić information content (AvgIpc) is 3.68. The number of rotatable bonds is 6. The minimum atomic E-state index is -4.65. The molecule has 1 aromatic heterocycles. The van der Waals surface area contributed by atoms with E-state index in [4.69, 9.17) is 15.2 Å². The Morgan fingerprint density at radius 3 is 2.45 bits per heavy atom. The topological polar surface area (TPSA) is 110 Å². The molecule has 1 saturated heterocycles. The van der Waals surface area contributed by atoms with Crippen LogP contribution in [0.25, 0.3) is 0 Å². The highest BCUT2D eigenvalue weighted by atomic mass is 19.4. The third kappa shape index (κ3) is 7.79. The van der Waals surface area contributed by atoms with Crippen LogP contribution < -0.4 is 20.5 Å². The highest BCUT2D eigenvalue weighted by Gasteiger charge is 2.48. The van der Waals surface area contributed by atoms with Gasteiger partial charge in [0, 0.05) is 67.9 Å². The molecule has 4 heterocycles. The van der Waals surface area contributed by atoms with E-state index in [-0.39, 0.29) is 49.8 Å². The molecule has 3 aliphatic heterocycles. The number of hydrogen-bond acceptors (Lipinski definition) is 7. The van der Waals surface area contributed by atoms with Gasteiger partial charge in [-0.1, -0.05) is 6.07 Å². The van der Waals surface area contributed by atoms with Crippen LogP contribution in [0.2, 0.25) is 0 Å². The standard InChI is InChI=1S/C17H14N2O3.C15H17F6N3O/c20-16-4-2-10-14(5-6-18-17(10)19-16)21-9-1-3-13-11(7-9)12-8-15(12)22-13;16-14(17,18)9-24-5-3-23(4-6-24)8-11-2-1-10(13(22)25)7-12(11)15(19,20)21/h1,3,5-7,12,15H,2,4,8H2,(H,18,19,20);1-2,7H,3-6,8-9H2,(H2,22,25). The van der Waals surface area contributed by atoms with Gasteiger partial charge in [0.2, 0.25) is 11.8 Å². The van der Waals surface area contributed by atoms with Gasteiger partial charge in [0.05, 0.1) is 12.1 Å². The first-order valence-electron chi connectivity index (χ1n) is 15.0. The Morgan fingerprint density at radius 1 is 1.00 bits per heavy atom. The third-order valence-corrected chi connectivity index (χ3v) is 8.45. The van der Waals surface area contributed by atoms with E-state index in [9.17, 15) is 35.9 Å². The summed E-state index contributed by atoms with van der Waals surface area (Å²) in [5, 5.41) is 2.79. The molecule has 2 unspecified atom stereocenters. The number of carbonyl (C=O) groups excluding carboxylic acids is 2. The number of primary amides is 1. The summed E-state index contributed by atoms with van der Waals surface area (Å²) in [4.78, 5) is 29.6. The van der Waals surface area contributed by atoms with E-state index in [1.54, 1.807) is 11.1 Å². The maximum absolute atomic E-state index is 13.2. The summed E-state index contributed by atoms with van der Waals surface area (Å²) in [6, 6.07) is 10.9. The Labute approximate surface area is 265 Å². The van der Waals surface area contributed by atoms with Crippen LogP contribution in [0.1, 0.15) is 51.4 Å². The Balaban J connectivity index is 0.000000165. The van der Waals surface area contributed by atoms with Crippen LogP contribution in [0, 0.1) is 0 Å². The molecule has 0 radical (unpaired) electrons. The van der Waals surface area contributed by atoms with Crippen LogP contribution >= 0.6 is 0 Å². The highest BCUT2D eigenvalue weighted by Crippen LogP contribution is 2.54. The summed E-state index contributed by atoms with van der Waals surface area (Å²) < 4.78 is 88.5. The van der Waals surface area contributed by atoms with Crippen molar-refractivity contribution < 1.29 is 45.4 Å². The number of pyridine rings is 1. The van der Waals surface area contributed by atoms with Crippen LogP contribution in [-0.2, 0) is 23.9 Å². The molecule has 15 heteroatoms. The van der Waals surface area contributed by atoms with Crippen molar-refractivity contribution in [3.8, 4) is 17.2 Å². The SMILES string of the molecule is NC(=O)c1ccc(CN2CCN(CC(F)(F)F)CC2)c(C(F)(F)F)c1.O=C1CCc2c(Oc3ccc4c(c3)C3CC3O4)ccnc2N1. The molecular weight excluding hydrogens is 632 g/mol. The number of nitrogens with zero attached hydrogens (tertiary/aromatic N) is 3. The number of ether oxygens (including phenoxy) is 2. The van der Waals surface area contributed by atoms with Gasteiger partial charge in [0.25, 0.3) is 0 Å². The summed E-state index contributed by atoms with van der Waals surface area (Å²) in [7, 11) is 0. The summed E-state index contributed by atoms with van der Waals surface area (Å²) in [6.45, 7) is -0.383. The zero-order chi connectivity index (χ0) is 33.5. The van der Waals surface area contributed by atoms with Gasteiger partial charge in [-0.2, -0.15) is 26.3 Å². The summed E-state index contributed by atoms with van der Waals surface area (Å²) >= 11 is 0. The van der Waals surface area contributed by atoms with E-state index in [0.29, 0.717) is 36.7 Å². The lowest BCUT2D eigenvalue weighted by Crippen LogP contribution is -2.48. The lowest BCUT2D eigenvalue weighted by atomic mass is 10.0. The second-order valence-electron chi connectivity index (χ2n) is 11.9. The van der Waals surface area contributed by atoms with Gasteiger partial charge in [-0.05, 0) is 54.8 Å². The van der Waals surface area contributed by atoms with Crippen LogP contribution in [0.3, 0.4) is 0 Å². The van der Waals surface area contributed by atoms with Crippen molar-refractivity contribution in [1.82, 2.24) is 14.8 Å². The average molecular weight is 664 g/mol. The van der Waals surface area contributed by atoms with Gasteiger partial charge in [0.1, 0.15) is 29.2 Å². The second-order valence-corrected chi connectivity index (χ2v) is 11.9. The number of aromatic nitrogens is 1. The van der Waals surface area contributed by atoms with Gasteiger partial charge >= 0.3 is 12.4 Å². The lowest BCUT2D eigenvalue weighted by Gasteiger charge is -2.35. The van der Waals surface area contributed by atoms with Gasteiger partial charge in [-0.25, -0.2) is 4.98 Å². The molecule has 4 aliphatic rings. The Bertz CT molecular complexity index is 1670. The molecule has 9 nitrogen and oxygen atoms in total. The Morgan fingerprint density at radius 2 is 1.74 bits per heavy atom. The number of piperazine rings is 1. The fourth-order valence-electron chi connectivity index (χ4n) is 5.99. The minimum absolute atomic E-state index is 0.00612. The maximum atomic E-state index is 13.2. The first kappa shape index (κ1) is 32.6. The fourth-order valence-corrected chi connectivity index (χ4v) is 5.99. The van der Waals surface area contributed by atoms with E-state index < -0.39 is 30.4 Å². The maximum Gasteiger partial charge on any atom is 0.416 e. The van der Waals surface area contributed by atoms with E-state index in [0.717, 1.165) is 29.2 Å². The number of hydrogen-bond donors (Lipinski definition) is 2. The number of nitrogens with one attached hydrogen (secondary N) is 1. The Hall–Kier alpha value is -4.37. The van der Waals surface area contributed by atoms with E-state index in [1.807, 2.05) is 18.2 Å². The third-order valence-electron chi connectivity index (χ3n) is 8.45. The van der Waals surface area contributed by atoms with Crippen molar-refractivity contribution in [3.05, 3.63) is 76.5 Å². The van der Waals surface area contributed by atoms with Gasteiger partial charge < -0.3 is 20.5 Å². The van der Waals surface area contributed by atoms with E-state index in [1.165, 1.54) is 22.6 Å². The fraction of sp³-hybridized carbons (Fsp3) is 0.406. The monoisotopic (exact) mass is 663 g/mol. The number of fused-ring (bicyclic) bond motifs is 4. The number of alkyl halides is 6. The van der Waals surface area contributed by atoms with Crippen molar-refractivity contribution in [3.63, 3.8) is 0 Å². The molecule has 47 heavy (non-hydrogen) atoms. The smallest absolute Gasteiger partial charge is 0.416 e. The van der Waals surface area contributed by atoms with Crippen molar-refractivity contribution in [1.29, 1.82) is 0 Å². The molecule has 250 valence electrons. The van der Waals surface area contributed by atoms with Crippen LogP contribution in [-0.4, -0.2) is 71.6 Å². The molecule has 2 atom stereocenters. The summed E-state index contributed by atoms with van der Waals surface area (Å²) in [5.74, 6) is 2.75. The highest BCUT2D eigenvalue weighted by molar-refractivity contribution is 5.93. The number of halogens is 6. The first-order chi connectivity index (χ1) is 22.2. The molecule has 3 aromatic rings. The molecule has 0 spiro atoms. The summed E-state index contributed by atoms with van der Waals surface area (Å²) in [6.07, 6.45) is -4.66. The summed E-state index contributed by atoms with van der Waals surface area (Å²) in [5.41, 5.74) is 5.98. The van der Waals surface area contributed by atoms with Crippen LogP contribution in [0.4, 0.5) is 32.2 Å². The zero-order valence-electron chi connectivity index (χ0n) is 25.0. The number of carbonyl (C=O) groups is 2. The van der Waals surface area contributed by atoms with Crippen molar-refractivity contribution >= 4 is 17.6 Å². The van der Waals surface area contributed by atoms with Gasteiger partial charge in [0.15, 0.2) is 0 Å². The van der Waals surface area contributed by atoms with Gasteiger partial charge in [-0.15, -0.1) is 0 Å². The van der Waals surface area contributed by atoms with Crippen molar-refractivity contribution in [2.75, 3.05) is 38.0 Å². The zero-order valence-corrected chi connectivity index (χ0v) is 25.0. The van der Waals surface area contributed by atoms with Crippen LogP contribution in [0.15, 0.2) is 48.7 Å². The normalized spacial score (nSPS) is 20.5. The number of nitrogens with two attached hydrogens (primary N) is 1. The minimum Gasteiger partial charge on any atom is -0.489 e. The largest absolute Gasteiger partial charge is 0.489 e. The molecular formula is C32H31F6N5O4. The van der Waals surface area contributed by atoms with Crippen molar-refractivity contribution in [2.45, 2.75) is 50.2 Å². The quantitative estimate of drug-likeness (QED) is 0.336. The van der Waals surface area contributed by atoms with Crippen molar-refractivity contribution in [2.24, 2.45) is 5.73 Å².